The van der Waals surface area contributed by atoms with Gasteiger partial charge in [-0.25, -0.2) is 0 Å². The van der Waals surface area contributed by atoms with Crippen molar-refractivity contribution in [3.63, 3.8) is 0 Å². The minimum absolute atomic E-state index is 1.12. The summed E-state index contributed by atoms with van der Waals surface area (Å²) in [5.74, 6) is 0. The topological polar surface area (TPSA) is 13.1 Å². The fraction of sp³-hybridized carbons (Fsp3) is 0. The van der Waals surface area contributed by atoms with Crippen LogP contribution in [0.25, 0.3) is 88.4 Å². The van der Waals surface area contributed by atoms with Gasteiger partial charge in [0.2, 0.25) is 0 Å². The van der Waals surface area contributed by atoms with Crippen LogP contribution in [0.5, 0.6) is 0 Å². The molecule has 0 aliphatic heterocycles. The van der Waals surface area contributed by atoms with E-state index >= 15 is 0 Å². The standard InChI is InChI=1S/C60H41N3/c1-5-15-48(16-6-1)61(49-17-7-2-8-18-49)52-34-29-43(30-35-52)42-25-27-44(28-26-42)45-31-36-59-55(39-45)56-41-47(33-38-60(56)63(59)51-21-11-4-12-22-51)46-32-37-58-54(40-46)53-23-13-14-24-57(53)62(58)50-19-9-3-10-20-50/h1-41H. The van der Waals surface area contributed by atoms with Crippen molar-refractivity contribution in [2.45, 2.75) is 0 Å². The van der Waals surface area contributed by atoms with Crippen molar-refractivity contribution in [2.24, 2.45) is 0 Å². The van der Waals surface area contributed by atoms with Crippen LogP contribution in [-0.2, 0) is 0 Å². The molecular weight excluding hydrogens is 763 g/mol. The quantitative estimate of drug-likeness (QED) is 0.149. The molecule has 0 atom stereocenters. The molecule has 3 heteroatoms. The summed E-state index contributed by atoms with van der Waals surface area (Å²) in [6, 6.07) is 90.0. The number of benzene rings is 10. The predicted molar refractivity (Wildman–Crippen MR) is 266 cm³/mol. The molecule has 0 amide bonds. The van der Waals surface area contributed by atoms with Gasteiger partial charge >= 0.3 is 0 Å². The van der Waals surface area contributed by atoms with Gasteiger partial charge in [0, 0.05) is 50.0 Å². The van der Waals surface area contributed by atoms with Gasteiger partial charge in [-0.1, -0.05) is 146 Å². The molecule has 0 radical (unpaired) electrons. The molecule has 0 aliphatic carbocycles. The van der Waals surface area contributed by atoms with Gasteiger partial charge in [-0.2, -0.15) is 0 Å². The average Bonchev–Trinajstić information content (AvgIpc) is 3.87. The van der Waals surface area contributed by atoms with E-state index in [0.29, 0.717) is 0 Å². The minimum atomic E-state index is 1.12. The Labute approximate surface area is 366 Å². The minimum Gasteiger partial charge on any atom is -0.311 e. The van der Waals surface area contributed by atoms with Crippen LogP contribution in [0.3, 0.4) is 0 Å². The smallest absolute Gasteiger partial charge is 0.0541 e. The van der Waals surface area contributed by atoms with E-state index < -0.39 is 0 Å². The summed E-state index contributed by atoms with van der Waals surface area (Å²) in [6.07, 6.45) is 0. The molecule has 2 heterocycles. The SMILES string of the molecule is c1ccc(N(c2ccccc2)c2ccc(-c3ccc(-c4ccc5c(c4)c4cc(-c6ccc7c(c6)c6ccccc6n7-c6ccccc6)ccc4n5-c4ccccc4)cc3)cc2)cc1. The van der Waals surface area contributed by atoms with E-state index in [0.717, 1.165) is 22.7 Å². The molecule has 0 aliphatic rings. The van der Waals surface area contributed by atoms with E-state index in [2.05, 4.69) is 263 Å². The first-order chi connectivity index (χ1) is 31.2. The van der Waals surface area contributed by atoms with Crippen molar-refractivity contribution in [1.29, 1.82) is 0 Å². The summed E-state index contributed by atoms with van der Waals surface area (Å²) in [6.45, 7) is 0. The lowest BCUT2D eigenvalue weighted by Gasteiger charge is -2.25. The Kier molecular flexibility index (Phi) is 8.83. The van der Waals surface area contributed by atoms with E-state index in [9.17, 15) is 0 Å². The lowest BCUT2D eigenvalue weighted by atomic mass is 9.98. The first kappa shape index (κ1) is 36.5. The normalized spacial score (nSPS) is 11.5. The maximum absolute atomic E-state index is 2.40. The van der Waals surface area contributed by atoms with E-state index in [1.807, 2.05) is 0 Å². The first-order valence-corrected chi connectivity index (χ1v) is 21.6. The van der Waals surface area contributed by atoms with Crippen LogP contribution >= 0.6 is 0 Å². The Morgan fingerprint density at radius 2 is 0.524 bits per heavy atom. The van der Waals surface area contributed by atoms with E-state index in [1.54, 1.807) is 0 Å². The second-order valence-corrected chi connectivity index (χ2v) is 16.2. The molecule has 12 aromatic rings. The monoisotopic (exact) mass is 803 g/mol. The van der Waals surface area contributed by atoms with Crippen molar-refractivity contribution >= 4 is 60.7 Å². The maximum Gasteiger partial charge on any atom is 0.0541 e. The van der Waals surface area contributed by atoms with E-state index in [-0.39, 0.29) is 0 Å². The molecule has 0 spiro atoms. The number of rotatable bonds is 8. The lowest BCUT2D eigenvalue weighted by Crippen LogP contribution is -2.09. The fourth-order valence-corrected chi connectivity index (χ4v) is 9.50. The second-order valence-electron chi connectivity index (χ2n) is 16.2. The molecule has 0 saturated heterocycles. The third-order valence-corrected chi connectivity index (χ3v) is 12.5. The molecule has 0 N–H and O–H groups in total. The highest BCUT2D eigenvalue weighted by Crippen LogP contribution is 2.40. The highest BCUT2D eigenvalue weighted by molar-refractivity contribution is 6.13. The van der Waals surface area contributed by atoms with Crippen molar-refractivity contribution in [2.75, 3.05) is 4.90 Å². The Bertz CT molecular complexity index is 3530. The molecule has 0 unspecified atom stereocenters. The molecule has 3 nitrogen and oxygen atoms in total. The van der Waals surface area contributed by atoms with Gasteiger partial charge in [-0.05, 0) is 137 Å². The number of nitrogens with zero attached hydrogens (tertiary/aromatic N) is 3. The third kappa shape index (κ3) is 6.38. The lowest BCUT2D eigenvalue weighted by molar-refractivity contribution is 1.18. The number of hydrogen-bond donors (Lipinski definition) is 0. The zero-order valence-corrected chi connectivity index (χ0v) is 34.5. The van der Waals surface area contributed by atoms with Gasteiger partial charge in [0.25, 0.3) is 0 Å². The van der Waals surface area contributed by atoms with Crippen LogP contribution < -0.4 is 4.90 Å². The fourth-order valence-electron chi connectivity index (χ4n) is 9.50. The Balaban J connectivity index is 0.921. The van der Waals surface area contributed by atoms with Crippen molar-refractivity contribution in [1.82, 2.24) is 9.13 Å². The molecule has 12 rings (SSSR count). The highest BCUT2D eigenvalue weighted by Gasteiger charge is 2.17. The Morgan fingerprint density at radius 3 is 0.984 bits per heavy atom. The van der Waals surface area contributed by atoms with Gasteiger partial charge in [-0.3, -0.25) is 0 Å². The summed E-state index contributed by atoms with van der Waals surface area (Å²) in [4.78, 5) is 2.30. The zero-order valence-electron chi connectivity index (χ0n) is 34.5. The summed E-state index contributed by atoms with van der Waals surface area (Å²) < 4.78 is 4.78. The van der Waals surface area contributed by atoms with Crippen LogP contribution in [0.15, 0.2) is 249 Å². The van der Waals surface area contributed by atoms with Crippen LogP contribution in [0.2, 0.25) is 0 Å². The first-order valence-electron chi connectivity index (χ1n) is 21.6. The van der Waals surface area contributed by atoms with Crippen LogP contribution in [0, 0.1) is 0 Å². The molecule has 2 aromatic heterocycles. The molecular formula is C60H41N3. The van der Waals surface area contributed by atoms with Crippen LogP contribution in [0.4, 0.5) is 17.1 Å². The molecule has 63 heavy (non-hydrogen) atoms. The predicted octanol–water partition coefficient (Wildman–Crippen LogP) is 16.4. The van der Waals surface area contributed by atoms with Gasteiger partial charge in [-0.15, -0.1) is 0 Å². The third-order valence-electron chi connectivity index (χ3n) is 12.5. The number of aromatic nitrogens is 2. The largest absolute Gasteiger partial charge is 0.311 e. The second kappa shape index (κ2) is 15.3. The summed E-state index contributed by atoms with van der Waals surface area (Å²) in [5.41, 5.74) is 17.7. The van der Waals surface area contributed by atoms with Gasteiger partial charge in [0.1, 0.15) is 0 Å². The summed E-state index contributed by atoms with van der Waals surface area (Å²) in [5, 5.41) is 4.97. The van der Waals surface area contributed by atoms with Crippen molar-refractivity contribution < 1.29 is 0 Å². The van der Waals surface area contributed by atoms with E-state index in [4.69, 9.17) is 0 Å². The van der Waals surface area contributed by atoms with E-state index in [1.165, 1.54) is 82.7 Å². The summed E-state index contributed by atoms with van der Waals surface area (Å²) in [7, 11) is 0. The maximum atomic E-state index is 2.40. The van der Waals surface area contributed by atoms with Gasteiger partial charge < -0.3 is 14.0 Å². The summed E-state index contributed by atoms with van der Waals surface area (Å²) >= 11 is 0. The average molecular weight is 804 g/mol. The van der Waals surface area contributed by atoms with Gasteiger partial charge in [0.05, 0.1) is 22.1 Å². The number of fused-ring (bicyclic) bond motifs is 6. The number of hydrogen-bond acceptors (Lipinski definition) is 1. The van der Waals surface area contributed by atoms with Crippen molar-refractivity contribution in [3.8, 4) is 44.8 Å². The van der Waals surface area contributed by atoms with Crippen LogP contribution in [-0.4, -0.2) is 9.13 Å². The molecule has 0 bridgehead atoms. The Morgan fingerprint density at radius 1 is 0.222 bits per heavy atom. The zero-order chi connectivity index (χ0) is 41.7. The number of anilines is 3. The molecule has 0 saturated carbocycles. The highest BCUT2D eigenvalue weighted by atomic mass is 15.1. The van der Waals surface area contributed by atoms with Gasteiger partial charge in [0.15, 0.2) is 0 Å². The molecule has 296 valence electrons. The van der Waals surface area contributed by atoms with Crippen LogP contribution in [0.1, 0.15) is 0 Å². The molecule has 10 aromatic carbocycles. The number of para-hydroxylation sites is 5. The molecule has 0 fully saturated rings. The van der Waals surface area contributed by atoms with Crippen molar-refractivity contribution in [3.05, 3.63) is 249 Å². The Hall–Kier alpha value is -8.40.